The highest BCUT2D eigenvalue weighted by Gasteiger charge is 2.53. The van der Waals surface area contributed by atoms with Crippen molar-refractivity contribution in [3.63, 3.8) is 0 Å². The molecule has 2 N–H and O–H groups in total. The minimum atomic E-state index is -5.08. The largest absolute Gasteiger partial charge is 0.492 e. The van der Waals surface area contributed by atoms with Gasteiger partial charge in [-0.05, 0) is 55.2 Å². The Hall–Kier alpha value is -2.33. The van der Waals surface area contributed by atoms with Crippen molar-refractivity contribution in [2.24, 2.45) is 11.3 Å². The molecule has 0 radical (unpaired) electrons. The van der Waals surface area contributed by atoms with E-state index in [1.807, 2.05) is 6.07 Å². The molecule has 2 atom stereocenters. The molecule has 178 valence electrons. The van der Waals surface area contributed by atoms with Gasteiger partial charge in [0.1, 0.15) is 12.4 Å². The Morgan fingerprint density at radius 3 is 2.50 bits per heavy atom. The maximum absolute atomic E-state index is 11.1. The average molecular weight is 459 g/mol. The Labute approximate surface area is 184 Å². The SMILES string of the molecule is O=C(O)C(F)(F)F.O=C(O)c1cccc(OCCN2CC3(CCOCC3)[C@@H]3CCC[C@@H]32)c1. The lowest BCUT2D eigenvalue weighted by Gasteiger charge is -2.37. The van der Waals surface area contributed by atoms with E-state index in [0.29, 0.717) is 23.8 Å². The quantitative estimate of drug-likeness (QED) is 0.694. The van der Waals surface area contributed by atoms with E-state index in [0.717, 1.165) is 25.7 Å². The summed E-state index contributed by atoms with van der Waals surface area (Å²) in [6, 6.07) is 7.46. The van der Waals surface area contributed by atoms with E-state index in [9.17, 15) is 18.0 Å². The topological polar surface area (TPSA) is 96.3 Å². The third kappa shape index (κ3) is 5.72. The molecule has 0 unspecified atom stereocenters. The first-order valence-electron chi connectivity index (χ1n) is 10.7. The second kappa shape index (κ2) is 10.1. The van der Waals surface area contributed by atoms with E-state index in [-0.39, 0.29) is 5.56 Å². The summed E-state index contributed by atoms with van der Waals surface area (Å²) >= 11 is 0. The van der Waals surface area contributed by atoms with Crippen LogP contribution in [0.3, 0.4) is 0 Å². The second-order valence-corrected chi connectivity index (χ2v) is 8.53. The van der Waals surface area contributed by atoms with Gasteiger partial charge in [0.15, 0.2) is 0 Å². The van der Waals surface area contributed by atoms with E-state index in [1.54, 1.807) is 18.2 Å². The average Bonchev–Trinajstić information content (AvgIpc) is 3.33. The number of carboxylic acid groups (broad SMARTS) is 2. The highest BCUT2D eigenvalue weighted by Crippen LogP contribution is 2.53. The summed E-state index contributed by atoms with van der Waals surface area (Å²) in [6.45, 7) is 4.52. The molecular formula is C22H28F3NO6. The number of alkyl halides is 3. The Kier molecular flexibility index (Phi) is 7.66. The van der Waals surface area contributed by atoms with Crippen LogP contribution in [-0.4, -0.2) is 72.2 Å². The van der Waals surface area contributed by atoms with Crippen LogP contribution in [0.15, 0.2) is 24.3 Å². The number of carboxylic acids is 2. The Morgan fingerprint density at radius 2 is 1.88 bits per heavy atom. The minimum Gasteiger partial charge on any atom is -0.492 e. The molecule has 2 aliphatic heterocycles. The lowest BCUT2D eigenvalue weighted by atomic mass is 9.71. The zero-order valence-electron chi connectivity index (χ0n) is 17.6. The molecule has 0 bridgehead atoms. The predicted octanol–water partition coefficient (Wildman–Crippen LogP) is 3.68. The fraction of sp³-hybridized carbons (Fsp3) is 0.636. The monoisotopic (exact) mass is 459 g/mol. The van der Waals surface area contributed by atoms with Gasteiger partial charge in [-0.2, -0.15) is 13.2 Å². The van der Waals surface area contributed by atoms with Gasteiger partial charge in [0.05, 0.1) is 5.56 Å². The number of hydrogen-bond acceptors (Lipinski definition) is 5. The van der Waals surface area contributed by atoms with Gasteiger partial charge in [-0.1, -0.05) is 12.5 Å². The van der Waals surface area contributed by atoms with E-state index < -0.39 is 18.1 Å². The summed E-state index contributed by atoms with van der Waals surface area (Å²) in [5, 5.41) is 16.2. The molecule has 1 aromatic rings. The first kappa shape index (κ1) is 24.3. The molecule has 3 fully saturated rings. The maximum atomic E-state index is 11.1. The molecule has 0 aromatic heterocycles. The number of benzene rings is 1. The fourth-order valence-electron chi connectivity index (χ4n) is 5.28. The second-order valence-electron chi connectivity index (χ2n) is 8.53. The van der Waals surface area contributed by atoms with Crippen LogP contribution in [0.1, 0.15) is 42.5 Å². The van der Waals surface area contributed by atoms with Gasteiger partial charge in [-0.15, -0.1) is 0 Å². The Balaban J connectivity index is 0.000000360. The molecule has 1 spiro atoms. The summed E-state index contributed by atoms with van der Waals surface area (Å²) in [6.07, 6.45) is 1.33. The third-order valence-corrected chi connectivity index (χ3v) is 6.71. The van der Waals surface area contributed by atoms with Crippen molar-refractivity contribution in [1.29, 1.82) is 0 Å². The third-order valence-electron chi connectivity index (χ3n) is 6.71. The van der Waals surface area contributed by atoms with Gasteiger partial charge >= 0.3 is 18.1 Å². The zero-order valence-corrected chi connectivity index (χ0v) is 17.6. The van der Waals surface area contributed by atoms with Gasteiger partial charge in [-0.25, -0.2) is 9.59 Å². The first-order valence-corrected chi connectivity index (χ1v) is 10.7. The molecule has 1 saturated carbocycles. The van der Waals surface area contributed by atoms with Crippen molar-refractivity contribution in [2.75, 3.05) is 32.9 Å². The smallest absolute Gasteiger partial charge is 0.490 e. The highest BCUT2D eigenvalue weighted by molar-refractivity contribution is 5.88. The van der Waals surface area contributed by atoms with Crippen molar-refractivity contribution in [1.82, 2.24) is 4.90 Å². The molecule has 3 aliphatic rings. The van der Waals surface area contributed by atoms with Crippen LogP contribution >= 0.6 is 0 Å². The van der Waals surface area contributed by atoms with Crippen LogP contribution in [0.25, 0.3) is 0 Å². The molecule has 1 aromatic carbocycles. The van der Waals surface area contributed by atoms with Crippen molar-refractivity contribution in [3.05, 3.63) is 29.8 Å². The molecule has 7 nitrogen and oxygen atoms in total. The molecular weight excluding hydrogens is 431 g/mol. The number of rotatable bonds is 5. The maximum Gasteiger partial charge on any atom is 0.490 e. The van der Waals surface area contributed by atoms with E-state index in [2.05, 4.69) is 4.90 Å². The van der Waals surface area contributed by atoms with Gasteiger partial charge in [0.25, 0.3) is 0 Å². The normalized spacial score (nSPS) is 24.5. The minimum absolute atomic E-state index is 0.274. The molecule has 10 heteroatoms. The van der Waals surface area contributed by atoms with Crippen molar-refractivity contribution >= 4 is 11.9 Å². The number of nitrogens with zero attached hydrogens (tertiary/aromatic N) is 1. The van der Waals surface area contributed by atoms with Crippen LogP contribution in [-0.2, 0) is 9.53 Å². The number of halogens is 3. The van der Waals surface area contributed by atoms with Gasteiger partial charge < -0.3 is 19.7 Å². The number of likely N-dealkylation sites (tertiary alicyclic amines) is 1. The standard InChI is InChI=1S/C20H27NO4.C2HF3O2/c22-19(23)15-3-1-4-16(13-15)25-12-9-21-14-20(7-10-24-11-8-20)17-5-2-6-18(17)21;3-2(4,5)1(6)7/h1,3-4,13,17-18H,2,5-12,14H2,(H,22,23);(H,6,7)/t17-,18+;/m1./s1. The lowest BCUT2D eigenvalue weighted by Crippen LogP contribution is -2.37. The van der Waals surface area contributed by atoms with Crippen LogP contribution in [0.5, 0.6) is 5.75 Å². The van der Waals surface area contributed by atoms with Gasteiger partial charge in [0, 0.05) is 32.3 Å². The van der Waals surface area contributed by atoms with Crippen LogP contribution < -0.4 is 4.74 Å². The Bertz CT molecular complexity index is 809. The van der Waals surface area contributed by atoms with Crippen LogP contribution in [0.4, 0.5) is 13.2 Å². The molecule has 4 rings (SSSR count). The predicted molar refractivity (Wildman–Crippen MR) is 108 cm³/mol. The molecule has 32 heavy (non-hydrogen) atoms. The van der Waals surface area contributed by atoms with E-state index in [4.69, 9.17) is 24.5 Å². The molecule has 2 saturated heterocycles. The van der Waals surface area contributed by atoms with Gasteiger partial charge in [-0.3, -0.25) is 4.90 Å². The summed E-state index contributed by atoms with van der Waals surface area (Å²) in [5.74, 6) is -2.21. The summed E-state index contributed by atoms with van der Waals surface area (Å²) in [5.41, 5.74) is 0.735. The van der Waals surface area contributed by atoms with Gasteiger partial charge in [0.2, 0.25) is 0 Å². The van der Waals surface area contributed by atoms with E-state index >= 15 is 0 Å². The fourth-order valence-corrected chi connectivity index (χ4v) is 5.28. The lowest BCUT2D eigenvalue weighted by molar-refractivity contribution is -0.192. The molecule has 1 aliphatic carbocycles. The number of aromatic carboxylic acids is 1. The number of hydrogen-bond donors (Lipinski definition) is 2. The first-order chi connectivity index (χ1) is 15.1. The molecule has 0 amide bonds. The number of ether oxygens (including phenoxy) is 2. The van der Waals surface area contributed by atoms with Crippen molar-refractivity contribution in [3.8, 4) is 5.75 Å². The number of aliphatic carboxylic acids is 1. The Morgan fingerprint density at radius 1 is 1.19 bits per heavy atom. The number of carbonyl (C=O) groups is 2. The summed E-state index contributed by atoms with van der Waals surface area (Å²) < 4.78 is 43.2. The molecule has 2 heterocycles. The van der Waals surface area contributed by atoms with Crippen molar-refractivity contribution in [2.45, 2.75) is 44.3 Å². The zero-order chi connectivity index (χ0) is 23.4. The van der Waals surface area contributed by atoms with Crippen LogP contribution in [0.2, 0.25) is 0 Å². The number of fused-ring (bicyclic) bond motifs is 2. The van der Waals surface area contributed by atoms with Crippen LogP contribution in [0, 0.1) is 11.3 Å². The summed E-state index contributed by atoms with van der Waals surface area (Å²) in [4.78, 5) is 22.6. The van der Waals surface area contributed by atoms with E-state index in [1.165, 1.54) is 38.6 Å². The summed E-state index contributed by atoms with van der Waals surface area (Å²) in [7, 11) is 0. The highest BCUT2D eigenvalue weighted by atomic mass is 19.4. The van der Waals surface area contributed by atoms with Crippen molar-refractivity contribution < 1.29 is 42.4 Å².